The molecule has 3 aromatic rings. The van der Waals surface area contributed by atoms with Crippen LogP contribution in [0.4, 0.5) is 0 Å². The first-order valence-electron chi connectivity index (χ1n) is 6.01. The zero-order valence-electron chi connectivity index (χ0n) is 10.7. The Morgan fingerprint density at radius 1 is 1.00 bits per heavy atom. The molecule has 1 aromatic heterocycles. The molecular weight excluding hydrogens is 459 g/mol. The van der Waals surface area contributed by atoms with Crippen molar-refractivity contribution in [3.8, 4) is 11.5 Å². The minimum atomic E-state index is -0.574. The van der Waals surface area contributed by atoms with E-state index >= 15 is 0 Å². The van der Waals surface area contributed by atoms with Gasteiger partial charge in [0.1, 0.15) is 5.75 Å². The maximum absolute atomic E-state index is 11.8. The average Bonchev–Trinajstić information content (AvgIpc) is 2.46. The molecule has 3 nitrogen and oxygen atoms in total. The average molecular weight is 465 g/mol. The summed E-state index contributed by atoms with van der Waals surface area (Å²) in [5.74, 6) is 0.789. The Morgan fingerprint density at radius 3 is 2.32 bits per heavy atom. The van der Waals surface area contributed by atoms with Gasteiger partial charge in [0, 0.05) is 0 Å². The molecular formula is C15H6Br2Cl2O3. The lowest BCUT2D eigenvalue weighted by molar-refractivity contribution is 0.470. The number of fused-ring (bicyclic) bond motifs is 1. The second-order valence-electron chi connectivity index (χ2n) is 4.32. The van der Waals surface area contributed by atoms with Crippen molar-refractivity contribution in [3.05, 3.63) is 65.8 Å². The van der Waals surface area contributed by atoms with Crippen LogP contribution >= 0.6 is 55.1 Å². The van der Waals surface area contributed by atoms with Gasteiger partial charge in [-0.05, 0) is 56.1 Å². The second-order valence-corrected chi connectivity index (χ2v) is 6.84. The van der Waals surface area contributed by atoms with Crippen LogP contribution in [0.15, 0.2) is 54.6 Å². The van der Waals surface area contributed by atoms with E-state index in [1.807, 2.05) is 18.2 Å². The van der Waals surface area contributed by atoms with E-state index in [9.17, 15) is 4.79 Å². The quantitative estimate of drug-likeness (QED) is 0.411. The smallest absolute Gasteiger partial charge is 0.340 e. The summed E-state index contributed by atoms with van der Waals surface area (Å²) in [6.07, 6.45) is 0. The van der Waals surface area contributed by atoms with Crippen LogP contribution in [0.2, 0.25) is 10.0 Å². The Kier molecular flexibility index (Phi) is 4.50. The Bertz CT molecular complexity index is 918. The van der Waals surface area contributed by atoms with Crippen LogP contribution in [0.25, 0.3) is 11.0 Å². The second kappa shape index (κ2) is 6.24. The fraction of sp³-hybridized carbons (Fsp3) is 0. The highest BCUT2D eigenvalue weighted by atomic mass is 79.9. The highest BCUT2D eigenvalue weighted by molar-refractivity contribution is 9.11. The standard InChI is InChI=1S/C15H6Br2Cl2O3/c16-7-2-1-3-8(17)14(7)21-11-6-12(20)22-15-10(19)5-4-9(18)13(11)15/h1-6H. The molecule has 2 aromatic carbocycles. The van der Waals surface area contributed by atoms with Gasteiger partial charge in [-0.1, -0.05) is 29.3 Å². The highest BCUT2D eigenvalue weighted by Crippen LogP contribution is 2.41. The number of rotatable bonds is 2. The van der Waals surface area contributed by atoms with Gasteiger partial charge >= 0.3 is 5.63 Å². The van der Waals surface area contributed by atoms with Crippen molar-refractivity contribution in [2.75, 3.05) is 0 Å². The molecule has 0 saturated carbocycles. The molecule has 0 atom stereocenters. The van der Waals surface area contributed by atoms with Gasteiger partial charge in [-0.3, -0.25) is 0 Å². The molecule has 0 fully saturated rings. The minimum Gasteiger partial charge on any atom is -0.454 e. The first-order valence-corrected chi connectivity index (χ1v) is 8.35. The van der Waals surface area contributed by atoms with Gasteiger partial charge < -0.3 is 9.15 Å². The van der Waals surface area contributed by atoms with Crippen molar-refractivity contribution in [1.82, 2.24) is 0 Å². The van der Waals surface area contributed by atoms with E-state index < -0.39 is 5.63 Å². The molecule has 22 heavy (non-hydrogen) atoms. The van der Waals surface area contributed by atoms with E-state index in [-0.39, 0.29) is 16.4 Å². The predicted molar refractivity (Wildman–Crippen MR) is 94.4 cm³/mol. The molecule has 0 aliphatic rings. The van der Waals surface area contributed by atoms with E-state index in [1.165, 1.54) is 6.07 Å². The Balaban J connectivity index is 2.28. The lowest BCUT2D eigenvalue weighted by Crippen LogP contribution is -2.00. The summed E-state index contributed by atoms with van der Waals surface area (Å²) in [4.78, 5) is 11.8. The van der Waals surface area contributed by atoms with Gasteiger partial charge in [-0.15, -0.1) is 0 Å². The first-order chi connectivity index (χ1) is 10.5. The van der Waals surface area contributed by atoms with Gasteiger partial charge in [-0.25, -0.2) is 4.79 Å². The topological polar surface area (TPSA) is 39.4 Å². The van der Waals surface area contributed by atoms with E-state index in [2.05, 4.69) is 31.9 Å². The predicted octanol–water partition coefficient (Wildman–Crippen LogP) is 6.42. The Morgan fingerprint density at radius 2 is 1.64 bits per heavy atom. The van der Waals surface area contributed by atoms with Crippen LogP contribution in [0.1, 0.15) is 0 Å². The molecule has 0 spiro atoms. The lowest BCUT2D eigenvalue weighted by Gasteiger charge is -2.12. The third-order valence-corrected chi connectivity index (χ3v) is 4.75. The summed E-state index contributed by atoms with van der Waals surface area (Å²) in [5.41, 5.74) is -0.380. The molecule has 0 radical (unpaired) electrons. The van der Waals surface area contributed by atoms with Crippen LogP contribution in [-0.4, -0.2) is 0 Å². The molecule has 0 aliphatic heterocycles. The molecule has 0 aliphatic carbocycles. The molecule has 0 bridgehead atoms. The highest BCUT2D eigenvalue weighted by Gasteiger charge is 2.16. The third-order valence-electron chi connectivity index (χ3n) is 2.89. The van der Waals surface area contributed by atoms with Gasteiger partial charge in [0.25, 0.3) is 0 Å². The largest absolute Gasteiger partial charge is 0.454 e. The van der Waals surface area contributed by atoms with E-state index in [0.717, 1.165) is 8.95 Å². The summed E-state index contributed by atoms with van der Waals surface area (Å²) in [7, 11) is 0. The van der Waals surface area contributed by atoms with Crippen LogP contribution in [0, 0.1) is 0 Å². The molecule has 0 saturated heterocycles. The minimum absolute atomic E-state index is 0.194. The van der Waals surface area contributed by atoms with E-state index in [1.54, 1.807) is 12.1 Å². The van der Waals surface area contributed by atoms with Gasteiger partial charge in [0.05, 0.1) is 30.4 Å². The maximum atomic E-state index is 11.8. The normalized spacial score (nSPS) is 10.9. The SMILES string of the molecule is O=c1cc(Oc2c(Br)cccc2Br)c2c(Cl)ccc(Cl)c2o1. The fourth-order valence-corrected chi connectivity index (χ4v) is 3.54. The number of para-hydroxylation sites is 1. The molecule has 7 heteroatoms. The summed E-state index contributed by atoms with van der Waals surface area (Å²) < 4.78 is 12.5. The van der Waals surface area contributed by atoms with Crippen LogP contribution < -0.4 is 10.4 Å². The monoisotopic (exact) mass is 462 g/mol. The van der Waals surface area contributed by atoms with Crippen molar-refractivity contribution >= 4 is 66.0 Å². The number of halogens is 4. The fourth-order valence-electron chi connectivity index (χ4n) is 1.94. The zero-order chi connectivity index (χ0) is 15.9. The number of hydrogen-bond donors (Lipinski definition) is 0. The van der Waals surface area contributed by atoms with E-state index in [0.29, 0.717) is 16.2 Å². The van der Waals surface area contributed by atoms with Gasteiger partial charge in [-0.2, -0.15) is 0 Å². The van der Waals surface area contributed by atoms with Crippen molar-refractivity contribution in [2.45, 2.75) is 0 Å². The number of benzene rings is 2. The summed E-state index contributed by atoms with van der Waals surface area (Å²) in [6.45, 7) is 0. The maximum Gasteiger partial charge on any atom is 0.340 e. The number of ether oxygens (including phenoxy) is 1. The molecule has 0 unspecified atom stereocenters. The molecule has 3 rings (SSSR count). The molecule has 0 amide bonds. The summed E-state index contributed by atoms with van der Waals surface area (Å²) in [5, 5.41) is 1.10. The van der Waals surface area contributed by atoms with Crippen molar-refractivity contribution in [1.29, 1.82) is 0 Å². The Labute approximate surface area is 152 Å². The van der Waals surface area contributed by atoms with Crippen molar-refractivity contribution in [3.63, 3.8) is 0 Å². The lowest BCUT2D eigenvalue weighted by atomic mass is 10.2. The first kappa shape index (κ1) is 15.9. The molecule has 1 heterocycles. The van der Waals surface area contributed by atoms with Crippen molar-refractivity contribution < 1.29 is 9.15 Å². The van der Waals surface area contributed by atoms with Crippen molar-refractivity contribution in [2.24, 2.45) is 0 Å². The van der Waals surface area contributed by atoms with Gasteiger partial charge in [0.2, 0.25) is 0 Å². The number of hydrogen-bond acceptors (Lipinski definition) is 3. The zero-order valence-corrected chi connectivity index (χ0v) is 15.4. The summed E-state index contributed by atoms with van der Waals surface area (Å²) in [6, 6.07) is 9.91. The molecule has 0 N–H and O–H groups in total. The Hall–Kier alpha value is -1.01. The van der Waals surface area contributed by atoms with Crippen LogP contribution in [-0.2, 0) is 0 Å². The third kappa shape index (κ3) is 2.91. The molecule has 112 valence electrons. The van der Waals surface area contributed by atoms with Crippen LogP contribution in [0.5, 0.6) is 11.5 Å². The summed E-state index contributed by atoms with van der Waals surface area (Å²) >= 11 is 19.1. The van der Waals surface area contributed by atoms with Gasteiger partial charge in [0.15, 0.2) is 11.3 Å². The van der Waals surface area contributed by atoms with Crippen LogP contribution in [0.3, 0.4) is 0 Å². The van der Waals surface area contributed by atoms with E-state index in [4.69, 9.17) is 32.4 Å².